The average Bonchev–Trinajstić information content (AvgIpc) is 2.42. The molecule has 0 N–H and O–H groups in total. The summed E-state index contributed by atoms with van der Waals surface area (Å²) < 4.78 is 0. The van der Waals surface area contributed by atoms with Crippen LogP contribution in [0.5, 0.6) is 0 Å². The molecule has 1 aliphatic heterocycles. The first-order valence-electron chi connectivity index (χ1n) is 4.55. The second-order valence-corrected chi connectivity index (χ2v) is 3.44. The summed E-state index contributed by atoms with van der Waals surface area (Å²) in [5.74, 6) is -0.0562. The minimum absolute atomic E-state index is 0.0562. The van der Waals surface area contributed by atoms with Gasteiger partial charge in [0.05, 0.1) is 0 Å². The van der Waals surface area contributed by atoms with Gasteiger partial charge in [-0.2, -0.15) is 0 Å². The minimum Gasteiger partial charge on any atom is -0.399 e. The molecular formula is C9H16N2O2. The van der Waals surface area contributed by atoms with Crippen LogP contribution in [0.4, 0.5) is 0 Å². The summed E-state index contributed by atoms with van der Waals surface area (Å²) in [4.78, 5) is 17.8. The fourth-order valence-electron chi connectivity index (χ4n) is 1.79. The van der Waals surface area contributed by atoms with Gasteiger partial charge in [-0.1, -0.05) is 5.16 Å². The van der Waals surface area contributed by atoms with Crippen LogP contribution in [-0.2, 0) is 9.63 Å². The summed E-state index contributed by atoms with van der Waals surface area (Å²) in [6.07, 6.45) is 3.39. The Labute approximate surface area is 78.5 Å². The Morgan fingerprint density at radius 1 is 1.46 bits per heavy atom. The molecule has 0 aromatic heterocycles. The summed E-state index contributed by atoms with van der Waals surface area (Å²) >= 11 is 0. The maximum absolute atomic E-state index is 11.5. The molecule has 1 amide bonds. The molecule has 2 unspecified atom stereocenters. The summed E-state index contributed by atoms with van der Waals surface area (Å²) in [5, 5.41) is 3.47. The number of hydrogen-bond acceptors (Lipinski definition) is 3. The van der Waals surface area contributed by atoms with Gasteiger partial charge in [-0.25, -0.2) is 0 Å². The molecule has 2 atom stereocenters. The lowest BCUT2D eigenvalue weighted by atomic mass is 10.2. The first-order chi connectivity index (χ1) is 6.16. The number of nitrogens with zero attached hydrogens (tertiary/aromatic N) is 2. The van der Waals surface area contributed by atoms with Gasteiger partial charge in [-0.3, -0.25) is 4.79 Å². The molecule has 0 aromatic rings. The molecule has 1 rings (SSSR count). The third-order valence-electron chi connectivity index (χ3n) is 2.47. The molecule has 1 saturated heterocycles. The highest BCUT2D eigenvalue weighted by Crippen LogP contribution is 2.22. The summed E-state index contributed by atoms with van der Waals surface area (Å²) in [6, 6.07) is 0.650. The summed E-state index contributed by atoms with van der Waals surface area (Å²) in [5.41, 5.74) is 0. The van der Waals surface area contributed by atoms with Crippen molar-refractivity contribution in [2.75, 3.05) is 7.11 Å². The van der Waals surface area contributed by atoms with Gasteiger partial charge in [0.2, 0.25) is 0 Å². The first kappa shape index (κ1) is 10.0. The minimum atomic E-state index is -0.0562. The standard InChI is InChI=1S/C9H16N2O2/c1-7-4-5-8(2)11(7)9(12)6-10-13-3/h6-8H,4-5H2,1-3H3/b10-6+. The molecule has 0 radical (unpaired) electrons. The molecule has 1 aliphatic rings. The monoisotopic (exact) mass is 184 g/mol. The molecule has 0 aliphatic carbocycles. The molecule has 13 heavy (non-hydrogen) atoms. The number of amides is 1. The van der Waals surface area contributed by atoms with Crippen LogP contribution in [0.15, 0.2) is 5.16 Å². The lowest BCUT2D eigenvalue weighted by Gasteiger charge is -2.24. The summed E-state index contributed by atoms with van der Waals surface area (Å²) in [7, 11) is 1.43. The second-order valence-electron chi connectivity index (χ2n) is 3.44. The maximum Gasteiger partial charge on any atom is 0.268 e. The van der Waals surface area contributed by atoms with E-state index in [0.717, 1.165) is 12.8 Å². The van der Waals surface area contributed by atoms with Gasteiger partial charge in [-0.05, 0) is 26.7 Å². The van der Waals surface area contributed by atoms with Crippen LogP contribution in [0, 0.1) is 0 Å². The molecule has 0 saturated carbocycles. The normalized spacial score (nSPS) is 28.4. The maximum atomic E-state index is 11.5. The first-order valence-corrected chi connectivity index (χ1v) is 4.55. The average molecular weight is 184 g/mol. The quantitative estimate of drug-likeness (QED) is 0.475. The molecule has 4 heteroatoms. The number of rotatable bonds is 2. The largest absolute Gasteiger partial charge is 0.399 e. The van der Waals surface area contributed by atoms with Crippen LogP contribution in [0.1, 0.15) is 26.7 Å². The molecule has 1 heterocycles. The number of carbonyl (C=O) groups excluding carboxylic acids is 1. The third-order valence-corrected chi connectivity index (χ3v) is 2.47. The van der Waals surface area contributed by atoms with E-state index in [9.17, 15) is 4.79 Å². The van der Waals surface area contributed by atoms with Crippen molar-refractivity contribution in [2.24, 2.45) is 5.16 Å². The Hall–Kier alpha value is -1.06. The van der Waals surface area contributed by atoms with Gasteiger partial charge in [0.1, 0.15) is 13.3 Å². The fraction of sp³-hybridized carbons (Fsp3) is 0.778. The third kappa shape index (κ3) is 2.20. The van der Waals surface area contributed by atoms with Crippen molar-refractivity contribution in [1.29, 1.82) is 0 Å². The van der Waals surface area contributed by atoms with Crippen LogP contribution in [0.25, 0.3) is 0 Å². The SMILES string of the molecule is CO/N=C/C(=O)N1C(C)CCC1C. The molecule has 74 valence electrons. The van der Waals surface area contributed by atoms with Crippen molar-refractivity contribution in [3.05, 3.63) is 0 Å². The molecule has 1 fully saturated rings. The number of carbonyl (C=O) groups is 1. The molecule has 0 aromatic carbocycles. The van der Waals surface area contributed by atoms with E-state index in [-0.39, 0.29) is 5.91 Å². The Balaban J connectivity index is 2.59. The van der Waals surface area contributed by atoms with E-state index in [1.807, 2.05) is 4.90 Å². The number of likely N-dealkylation sites (tertiary alicyclic amines) is 1. The van der Waals surface area contributed by atoms with Crippen LogP contribution in [-0.4, -0.2) is 36.2 Å². The molecule has 0 bridgehead atoms. The van der Waals surface area contributed by atoms with Crippen LogP contribution >= 0.6 is 0 Å². The Morgan fingerprint density at radius 3 is 2.46 bits per heavy atom. The second kappa shape index (κ2) is 4.25. The van der Waals surface area contributed by atoms with Crippen LogP contribution < -0.4 is 0 Å². The topological polar surface area (TPSA) is 41.9 Å². The van der Waals surface area contributed by atoms with Crippen molar-refractivity contribution in [2.45, 2.75) is 38.8 Å². The highest BCUT2D eigenvalue weighted by molar-refractivity contribution is 6.26. The predicted molar refractivity (Wildman–Crippen MR) is 50.5 cm³/mol. The van der Waals surface area contributed by atoms with Gasteiger partial charge in [-0.15, -0.1) is 0 Å². The highest BCUT2D eigenvalue weighted by Gasteiger charge is 2.30. The van der Waals surface area contributed by atoms with Gasteiger partial charge >= 0.3 is 0 Å². The smallest absolute Gasteiger partial charge is 0.268 e. The molecular weight excluding hydrogens is 168 g/mol. The zero-order chi connectivity index (χ0) is 9.84. The summed E-state index contributed by atoms with van der Waals surface area (Å²) in [6.45, 7) is 4.12. The zero-order valence-electron chi connectivity index (χ0n) is 8.36. The number of hydrogen-bond donors (Lipinski definition) is 0. The Bertz CT molecular complexity index is 206. The van der Waals surface area contributed by atoms with Crippen LogP contribution in [0.3, 0.4) is 0 Å². The van der Waals surface area contributed by atoms with Gasteiger partial charge in [0.15, 0.2) is 0 Å². The molecule has 0 spiro atoms. The van der Waals surface area contributed by atoms with E-state index in [1.54, 1.807) is 0 Å². The Kier molecular flexibility index (Phi) is 3.28. The van der Waals surface area contributed by atoms with Crippen molar-refractivity contribution in [3.63, 3.8) is 0 Å². The van der Waals surface area contributed by atoms with Crippen molar-refractivity contribution >= 4 is 12.1 Å². The lowest BCUT2D eigenvalue weighted by Crippen LogP contribution is -2.39. The van der Waals surface area contributed by atoms with Crippen molar-refractivity contribution in [1.82, 2.24) is 4.90 Å². The highest BCUT2D eigenvalue weighted by atomic mass is 16.6. The predicted octanol–water partition coefficient (Wildman–Crippen LogP) is 1.02. The van der Waals surface area contributed by atoms with Crippen LogP contribution in [0.2, 0.25) is 0 Å². The zero-order valence-corrected chi connectivity index (χ0v) is 8.36. The number of oxime groups is 1. The lowest BCUT2D eigenvalue weighted by molar-refractivity contribution is -0.125. The van der Waals surface area contributed by atoms with Crippen molar-refractivity contribution < 1.29 is 9.63 Å². The van der Waals surface area contributed by atoms with E-state index >= 15 is 0 Å². The fourth-order valence-corrected chi connectivity index (χ4v) is 1.79. The van der Waals surface area contributed by atoms with E-state index in [4.69, 9.17) is 0 Å². The van der Waals surface area contributed by atoms with E-state index in [0.29, 0.717) is 12.1 Å². The van der Waals surface area contributed by atoms with E-state index in [1.165, 1.54) is 13.3 Å². The van der Waals surface area contributed by atoms with Crippen molar-refractivity contribution in [3.8, 4) is 0 Å². The molecule has 4 nitrogen and oxygen atoms in total. The van der Waals surface area contributed by atoms with Gasteiger partial charge in [0.25, 0.3) is 5.91 Å². The van der Waals surface area contributed by atoms with Gasteiger partial charge in [0, 0.05) is 12.1 Å². The Morgan fingerprint density at radius 2 is 2.00 bits per heavy atom. The van der Waals surface area contributed by atoms with E-state index < -0.39 is 0 Å². The van der Waals surface area contributed by atoms with E-state index in [2.05, 4.69) is 23.8 Å². The van der Waals surface area contributed by atoms with Gasteiger partial charge < -0.3 is 9.74 Å².